The number of aryl methyl sites for hydroxylation is 1. The van der Waals surface area contributed by atoms with Gasteiger partial charge in [0.2, 0.25) is 0 Å². The van der Waals surface area contributed by atoms with Crippen LogP contribution in [0.5, 0.6) is 5.75 Å². The van der Waals surface area contributed by atoms with Crippen molar-refractivity contribution in [2.75, 3.05) is 20.0 Å². The number of anilines is 1. The molecule has 0 aliphatic heterocycles. The number of ether oxygens (including phenoxy) is 2. The van der Waals surface area contributed by atoms with Crippen molar-refractivity contribution in [1.29, 1.82) is 0 Å². The van der Waals surface area contributed by atoms with E-state index in [1.165, 1.54) is 25.6 Å². The van der Waals surface area contributed by atoms with Crippen molar-refractivity contribution in [3.05, 3.63) is 16.6 Å². The average Bonchev–Trinajstić information content (AvgIpc) is 2.67. The topological polar surface area (TPSA) is 74.4 Å². The molecular formula is C11H12N2O3S. The Kier molecular flexibility index (Phi) is 2.89. The van der Waals surface area contributed by atoms with Crippen LogP contribution in [0.4, 0.5) is 5.69 Å². The first-order chi connectivity index (χ1) is 8.08. The molecule has 2 aromatic rings. The number of carbonyl (C=O) groups excluding carboxylic acids is 1. The molecule has 0 atom stereocenters. The third-order valence-electron chi connectivity index (χ3n) is 2.40. The molecule has 0 saturated carbocycles. The highest BCUT2D eigenvalue weighted by Gasteiger charge is 2.21. The Morgan fingerprint density at radius 2 is 2.18 bits per heavy atom. The maximum Gasteiger partial charge on any atom is 0.341 e. The summed E-state index contributed by atoms with van der Waals surface area (Å²) in [5.41, 5.74) is 7.21. The van der Waals surface area contributed by atoms with Crippen molar-refractivity contribution >= 4 is 33.2 Å². The molecule has 17 heavy (non-hydrogen) atoms. The smallest absolute Gasteiger partial charge is 0.341 e. The number of methoxy groups -OCH3 is 2. The highest BCUT2D eigenvalue weighted by molar-refractivity contribution is 7.19. The number of fused-ring (bicyclic) bond motifs is 1. The van der Waals surface area contributed by atoms with Gasteiger partial charge in [0.15, 0.2) is 0 Å². The van der Waals surface area contributed by atoms with Crippen molar-refractivity contribution < 1.29 is 14.3 Å². The molecule has 6 heteroatoms. The molecule has 5 nitrogen and oxygen atoms in total. The SMILES string of the molecule is COC(=O)c1c(N)c(OC)cc2nc(C)sc12. The van der Waals surface area contributed by atoms with Crippen molar-refractivity contribution in [3.63, 3.8) is 0 Å². The lowest BCUT2D eigenvalue weighted by Crippen LogP contribution is -2.07. The van der Waals surface area contributed by atoms with E-state index in [9.17, 15) is 4.79 Å². The maximum absolute atomic E-state index is 11.7. The van der Waals surface area contributed by atoms with E-state index in [0.29, 0.717) is 16.8 Å². The lowest BCUT2D eigenvalue weighted by atomic mass is 10.1. The van der Waals surface area contributed by atoms with Gasteiger partial charge in [-0.25, -0.2) is 9.78 Å². The summed E-state index contributed by atoms with van der Waals surface area (Å²) < 4.78 is 10.6. The fourth-order valence-electron chi connectivity index (χ4n) is 1.64. The number of hydrogen-bond donors (Lipinski definition) is 1. The van der Waals surface area contributed by atoms with E-state index in [0.717, 1.165) is 9.71 Å². The van der Waals surface area contributed by atoms with Crippen molar-refractivity contribution in [1.82, 2.24) is 4.98 Å². The minimum atomic E-state index is -0.477. The maximum atomic E-state index is 11.7. The normalized spacial score (nSPS) is 10.5. The summed E-state index contributed by atoms with van der Waals surface area (Å²) in [6.07, 6.45) is 0. The molecule has 0 saturated heterocycles. The van der Waals surface area contributed by atoms with Gasteiger partial charge in [0.1, 0.15) is 11.3 Å². The van der Waals surface area contributed by atoms with E-state index in [1.807, 2.05) is 6.92 Å². The molecule has 0 aliphatic carbocycles. The Bertz CT molecular complexity index is 592. The third-order valence-corrected chi connectivity index (χ3v) is 3.40. The van der Waals surface area contributed by atoms with E-state index in [1.54, 1.807) is 6.07 Å². The van der Waals surface area contributed by atoms with Crippen LogP contribution < -0.4 is 10.5 Å². The van der Waals surface area contributed by atoms with Crippen LogP contribution in [0, 0.1) is 6.92 Å². The standard InChI is InChI=1S/C11H12N2O3S/c1-5-13-6-4-7(15-2)9(12)8(10(6)17-5)11(14)16-3/h4H,12H2,1-3H3. The highest BCUT2D eigenvalue weighted by Crippen LogP contribution is 2.36. The van der Waals surface area contributed by atoms with Gasteiger partial charge < -0.3 is 15.2 Å². The highest BCUT2D eigenvalue weighted by atomic mass is 32.1. The first-order valence-electron chi connectivity index (χ1n) is 4.90. The van der Waals surface area contributed by atoms with Crippen LogP contribution in [-0.4, -0.2) is 25.2 Å². The Morgan fingerprint density at radius 3 is 2.76 bits per heavy atom. The zero-order valence-corrected chi connectivity index (χ0v) is 10.6. The number of nitrogens with zero attached hydrogens (tertiary/aromatic N) is 1. The van der Waals surface area contributed by atoms with Crippen molar-refractivity contribution in [2.45, 2.75) is 6.92 Å². The second kappa shape index (κ2) is 4.21. The summed E-state index contributed by atoms with van der Waals surface area (Å²) in [6, 6.07) is 1.72. The molecule has 1 heterocycles. The zero-order chi connectivity index (χ0) is 12.6. The number of nitrogen functional groups attached to an aromatic ring is 1. The van der Waals surface area contributed by atoms with Gasteiger partial charge in [-0.15, -0.1) is 11.3 Å². The van der Waals surface area contributed by atoms with Gasteiger partial charge in [0.05, 0.1) is 35.1 Å². The van der Waals surface area contributed by atoms with Crippen LogP contribution in [0.3, 0.4) is 0 Å². The van der Waals surface area contributed by atoms with Crippen LogP contribution in [0.15, 0.2) is 6.07 Å². The van der Waals surface area contributed by atoms with Gasteiger partial charge in [-0.3, -0.25) is 0 Å². The summed E-state index contributed by atoms with van der Waals surface area (Å²) >= 11 is 1.41. The largest absolute Gasteiger partial charge is 0.494 e. The van der Waals surface area contributed by atoms with Crippen LogP contribution in [0.1, 0.15) is 15.4 Å². The lowest BCUT2D eigenvalue weighted by molar-refractivity contribution is 0.0604. The molecule has 0 aliphatic rings. The molecule has 0 fully saturated rings. The summed E-state index contributed by atoms with van der Waals surface area (Å²) in [7, 11) is 2.82. The molecule has 0 radical (unpaired) electrons. The molecule has 2 N–H and O–H groups in total. The van der Waals surface area contributed by atoms with Crippen molar-refractivity contribution in [2.24, 2.45) is 0 Å². The van der Waals surface area contributed by atoms with Crippen LogP contribution in [0.2, 0.25) is 0 Å². The predicted octanol–water partition coefficient (Wildman–Crippen LogP) is 1.98. The van der Waals surface area contributed by atoms with E-state index < -0.39 is 5.97 Å². The molecule has 0 amide bonds. The Morgan fingerprint density at radius 1 is 1.47 bits per heavy atom. The van der Waals surface area contributed by atoms with Crippen LogP contribution in [-0.2, 0) is 4.74 Å². The van der Waals surface area contributed by atoms with Crippen LogP contribution in [0.25, 0.3) is 10.2 Å². The molecular weight excluding hydrogens is 240 g/mol. The first kappa shape index (κ1) is 11.7. The second-order valence-electron chi connectivity index (χ2n) is 3.44. The summed E-state index contributed by atoms with van der Waals surface area (Å²) in [6.45, 7) is 1.87. The number of benzene rings is 1. The zero-order valence-electron chi connectivity index (χ0n) is 9.73. The van der Waals surface area contributed by atoms with Gasteiger partial charge in [0.25, 0.3) is 0 Å². The molecule has 1 aromatic heterocycles. The molecule has 0 unspecified atom stereocenters. The number of hydrogen-bond acceptors (Lipinski definition) is 6. The average molecular weight is 252 g/mol. The van der Waals surface area contributed by atoms with Gasteiger partial charge in [-0.1, -0.05) is 0 Å². The fourth-order valence-corrected chi connectivity index (χ4v) is 2.59. The van der Waals surface area contributed by atoms with E-state index in [2.05, 4.69) is 4.98 Å². The monoisotopic (exact) mass is 252 g/mol. The van der Waals surface area contributed by atoms with Gasteiger partial charge >= 0.3 is 5.97 Å². The Labute approximate surface area is 102 Å². The van der Waals surface area contributed by atoms with E-state index in [4.69, 9.17) is 15.2 Å². The summed E-state index contributed by atoms with van der Waals surface area (Å²) in [5, 5.41) is 0.859. The first-order valence-corrected chi connectivity index (χ1v) is 5.72. The van der Waals surface area contributed by atoms with E-state index in [-0.39, 0.29) is 5.69 Å². The number of esters is 1. The molecule has 0 spiro atoms. The Balaban J connectivity index is 2.84. The quantitative estimate of drug-likeness (QED) is 0.653. The number of nitrogens with two attached hydrogens (primary N) is 1. The molecule has 1 aromatic carbocycles. The second-order valence-corrected chi connectivity index (χ2v) is 4.64. The summed E-state index contributed by atoms with van der Waals surface area (Å²) in [4.78, 5) is 16.1. The van der Waals surface area contributed by atoms with Gasteiger partial charge in [-0.05, 0) is 6.92 Å². The lowest BCUT2D eigenvalue weighted by Gasteiger charge is -2.09. The van der Waals surface area contributed by atoms with Crippen LogP contribution >= 0.6 is 11.3 Å². The van der Waals surface area contributed by atoms with Crippen molar-refractivity contribution in [3.8, 4) is 5.75 Å². The Hall–Kier alpha value is -1.82. The number of thiazole rings is 1. The minimum Gasteiger partial charge on any atom is -0.494 e. The minimum absolute atomic E-state index is 0.288. The number of carbonyl (C=O) groups is 1. The third kappa shape index (κ3) is 1.80. The molecule has 0 bridgehead atoms. The van der Waals surface area contributed by atoms with Gasteiger partial charge in [-0.2, -0.15) is 0 Å². The summed E-state index contributed by atoms with van der Waals surface area (Å²) in [5.74, 6) is -0.0433. The number of aromatic nitrogens is 1. The predicted molar refractivity (Wildman–Crippen MR) is 66.7 cm³/mol. The number of rotatable bonds is 2. The van der Waals surface area contributed by atoms with Gasteiger partial charge in [0, 0.05) is 6.07 Å². The molecule has 90 valence electrons. The fraction of sp³-hybridized carbons (Fsp3) is 0.273. The van der Waals surface area contributed by atoms with E-state index >= 15 is 0 Å². The molecule has 2 rings (SSSR count).